The summed E-state index contributed by atoms with van der Waals surface area (Å²) in [6, 6.07) is 2.23. The van der Waals surface area contributed by atoms with Gasteiger partial charge in [-0.3, -0.25) is 0 Å². The lowest BCUT2D eigenvalue weighted by atomic mass is 9.67. The van der Waals surface area contributed by atoms with E-state index >= 15 is 0 Å². The fourth-order valence-electron chi connectivity index (χ4n) is 2.93. The summed E-state index contributed by atoms with van der Waals surface area (Å²) in [6.45, 7) is 6.85. The van der Waals surface area contributed by atoms with Gasteiger partial charge in [0.15, 0.2) is 0 Å². The van der Waals surface area contributed by atoms with Gasteiger partial charge >= 0.3 is 0 Å². The Kier molecular flexibility index (Phi) is 2.91. The first kappa shape index (κ1) is 11.2. The van der Waals surface area contributed by atoms with E-state index in [2.05, 4.69) is 32.2 Å². The van der Waals surface area contributed by atoms with Crippen molar-refractivity contribution in [2.45, 2.75) is 45.6 Å². The number of thiophene rings is 1. The van der Waals surface area contributed by atoms with E-state index in [0.29, 0.717) is 5.92 Å². The van der Waals surface area contributed by atoms with Crippen molar-refractivity contribution in [3.63, 3.8) is 0 Å². The predicted octanol–water partition coefficient (Wildman–Crippen LogP) is 3.67. The van der Waals surface area contributed by atoms with Crippen LogP contribution in [-0.4, -0.2) is 0 Å². The third-order valence-corrected chi connectivity index (χ3v) is 4.89. The highest BCUT2D eigenvalue weighted by Gasteiger charge is 2.39. The van der Waals surface area contributed by atoms with Crippen molar-refractivity contribution in [1.29, 1.82) is 0 Å². The monoisotopic (exact) mass is 223 g/mol. The van der Waals surface area contributed by atoms with E-state index in [-0.39, 0.29) is 5.54 Å². The highest BCUT2D eigenvalue weighted by atomic mass is 32.1. The Morgan fingerprint density at radius 3 is 2.73 bits per heavy atom. The van der Waals surface area contributed by atoms with Gasteiger partial charge in [0.25, 0.3) is 0 Å². The van der Waals surface area contributed by atoms with E-state index in [0.717, 1.165) is 12.3 Å². The number of rotatable bonds is 1. The van der Waals surface area contributed by atoms with E-state index in [1.807, 2.05) is 11.3 Å². The molecule has 1 aromatic heterocycles. The van der Waals surface area contributed by atoms with Crippen molar-refractivity contribution in [2.75, 3.05) is 0 Å². The van der Waals surface area contributed by atoms with Crippen LogP contribution in [0, 0.1) is 18.8 Å². The van der Waals surface area contributed by atoms with Crippen LogP contribution in [0.3, 0.4) is 0 Å². The van der Waals surface area contributed by atoms with Crippen LogP contribution in [0.1, 0.15) is 43.6 Å². The zero-order valence-corrected chi connectivity index (χ0v) is 10.7. The van der Waals surface area contributed by atoms with E-state index in [4.69, 9.17) is 5.73 Å². The van der Waals surface area contributed by atoms with Gasteiger partial charge in [-0.2, -0.15) is 0 Å². The molecule has 1 nitrogen and oxygen atoms in total. The standard InChI is InChI=1S/C13H21NS/c1-9-4-6-13(14,10(2)8-9)12-5-7-15-11(12)3/h5,7,9-10H,4,6,8,14H2,1-3H3. The third-order valence-electron chi connectivity index (χ3n) is 4.05. The molecule has 0 saturated heterocycles. The maximum atomic E-state index is 6.64. The van der Waals surface area contributed by atoms with Crippen molar-refractivity contribution in [2.24, 2.45) is 17.6 Å². The summed E-state index contributed by atoms with van der Waals surface area (Å²) >= 11 is 1.82. The summed E-state index contributed by atoms with van der Waals surface area (Å²) in [5, 5.41) is 2.17. The maximum Gasteiger partial charge on any atom is 0.0446 e. The molecule has 0 radical (unpaired) electrons. The van der Waals surface area contributed by atoms with Gasteiger partial charge in [0, 0.05) is 10.4 Å². The number of aryl methyl sites for hydroxylation is 1. The number of nitrogens with two attached hydrogens (primary N) is 1. The normalized spacial score (nSPS) is 36.8. The molecule has 1 aliphatic rings. The van der Waals surface area contributed by atoms with Crippen LogP contribution < -0.4 is 5.73 Å². The summed E-state index contributed by atoms with van der Waals surface area (Å²) in [6.07, 6.45) is 3.69. The van der Waals surface area contributed by atoms with Crippen LogP contribution in [-0.2, 0) is 5.54 Å². The Balaban J connectivity index is 2.30. The SMILES string of the molecule is Cc1sccc1C1(N)CCC(C)CC1C. The molecule has 1 fully saturated rings. The van der Waals surface area contributed by atoms with Crippen molar-refractivity contribution in [3.05, 3.63) is 21.9 Å². The highest BCUT2D eigenvalue weighted by Crippen LogP contribution is 2.43. The minimum absolute atomic E-state index is 0.0589. The molecule has 1 heterocycles. The Morgan fingerprint density at radius 2 is 2.20 bits per heavy atom. The third kappa shape index (κ3) is 1.85. The van der Waals surface area contributed by atoms with Gasteiger partial charge in [-0.05, 0) is 55.0 Å². The number of hydrogen-bond acceptors (Lipinski definition) is 2. The molecular formula is C13H21NS. The van der Waals surface area contributed by atoms with Gasteiger partial charge in [-0.15, -0.1) is 11.3 Å². The minimum atomic E-state index is -0.0589. The molecule has 1 saturated carbocycles. The van der Waals surface area contributed by atoms with Crippen LogP contribution in [0.15, 0.2) is 11.4 Å². The molecule has 0 aliphatic heterocycles. The van der Waals surface area contributed by atoms with Gasteiger partial charge in [0.1, 0.15) is 0 Å². The highest BCUT2D eigenvalue weighted by molar-refractivity contribution is 7.10. The fraction of sp³-hybridized carbons (Fsp3) is 0.692. The maximum absolute atomic E-state index is 6.64. The Morgan fingerprint density at radius 1 is 1.47 bits per heavy atom. The van der Waals surface area contributed by atoms with Crippen LogP contribution in [0.5, 0.6) is 0 Å². The largest absolute Gasteiger partial charge is 0.321 e. The van der Waals surface area contributed by atoms with Gasteiger partial charge in [-0.25, -0.2) is 0 Å². The lowest BCUT2D eigenvalue weighted by Crippen LogP contribution is -2.46. The molecule has 2 heteroatoms. The van der Waals surface area contributed by atoms with Crippen LogP contribution in [0.4, 0.5) is 0 Å². The minimum Gasteiger partial charge on any atom is -0.321 e. The van der Waals surface area contributed by atoms with Crippen LogP contribution in [0.25, 0.3) is 0 Å². The second-order valence-electron chi connectivity index (χ2n) is 5.21. The summed E-state index contributed by atoms with van der Waals surface area (Å²) in [7, 11) is 0. The molecule has 0 amide bonds. The molecule has 3 unspecified atom stereocenters. The van der Waals surface area contributed by atoms with E-state index in [1.54, 1.807) is 0 Å². The predicted molar refractivity (Wildman–Crippen MR) is 67.1 cm³/mol. The molecule has 0 bridgehead atoms. The number of hydrogen-bond donors (Lipinski definition) is 1. The lowest BCUT2D eigenvalue weighted by Gasteiger charge is -2.42. The van der Waals surface area contributed by atoms with E-state index < -0.39 is 0 Å². The Bertz CT molecular complexity index is 344. The van der Waals surface area contributed by atoms with Gasteiger partial charge in [0.2, 0.25) is 0 Å². The average molecular weight is 223 g/mol. The van der Waals surface area contributed by atoms with Gasteiger partial charge < -0.3 is 5.73 Å². The van der Waals surface area contributed by atoms with E-state index in [9.17, 15) is 0 Å². The van der Waals surface area contributed by atoms with Crippen LogP contribution in [0.2, 0.25) is 0 Å². The topological polar surface area (TPSA) is 26.0 Å². The lowest BCUT2D eigenvalue weighted by molar-refractivity contribution is 0.164. The summed E-state index contributed by atoms with van der Waals surface area (Å²) in [5.74, 6) is 1.45. The van der Waals surface area contributed by atoms with Crippen LogP contribution >= 0.6 is 11.3 Å². The van der Waals surface area contributed by atoms with E-state index in [1.165, 1.54) is 23.3 Å². The summed E-state index contributed by atoms with van der Waals surface area (Å²) < 4.78 is 0. The average Bonchev–Trinajstić information content (AvgIpc) is 2.59. The van der Waals surface area contributed by atoms with Gasteiger partial charge in [-0.1, -0.05) is 13.8 Å². The first-order chi connectivity index (χ1) is 7.04. The summed E-state index contributed by atoms with van der Waals surface area (Å²) in [5.41, 5.74) is 7.97. The second-order valence-corrected chi connectivity index (χ2v) is 6.33. The van der Waals surface area contributed by atoms with Crippen molar-refractivity contribution < 1.29 is 0 Å². The zero-order chi connectivity index (χ0) is 11.1. The van der Waals surface area contributed by atoms with Crippen molar-refractivity contribution >= 4 is 11.3 Å². The molecule has 2 N–H and O–H groups in total. The molecule has 3 atom stereocenters. The molecule has 1 aromatic rings. The first-order valence-electron chi connectivity index (χ1n) is 5.87. The smallest absolute Gasteiger partial charge is 0.0446 e. The second kappa shape index (κ2) is 3.91. The van der Waals surface area contributed by atoms with Crippen molar-refractivity contribution in [1.82, 2.24) is 0 Å². The van der Waals surface area contributed by atoms with Crippen molar-refractivity contribution in [3.8, 4) is 0 Å². The molecule has 1 aliphatic carbocycles. The Labute approximate surface area is 96.7 Å². The summed E-state index contributed by atoms with van der Waals surface area (Å²) in [4.78, 5) is 1.40. The first-order valence-corrected chi connectivity index (χ1v) is 6.75. The quantitative estimate of drug-likeness (QED) is 0.772. The molecule has 84 valence electrons. The molecular weight excluding hydrogens is 202 g/mol. The molecule has 0 aromatic carbocycles. The zero-order valence-electron chi connectivity index (χ0n) is 9.92. The Hall–Kier alpha value is -0.340. The molecule has 2 rings (SSSR count). The van der Waals surface area contributed by atoms with Gasteiger partial charge in [0.05, 0.1) is 0 Å². The fourth-order valence-corrected chi connectivity index (χ4v) is 3.72. The molecule has 0 spiro atoms. The molecule has 15 heavy (non-hydrogen) atoms.